The first kappa shape index (κ1) is 9.80. The highest BCUT2D eigenvalue weighted by Crippen LogP contribution is 2.58. The van der Waals surface area contributed by atoms with Crippen molar-refractivity contribution in [3.8, 4) is 0 Å². The average molecular weight is 230 g/mol. The van der Waals surface area contributed by atoms with Crippen molar-refractivity contribution in [2.45, 2.75) is 44.1 Å². The second-order valence-electron chi connectivity index (χ2n) is 6.29. The van der Waals surface area contributed by atoms with Gasteiger partial charge in [0.1, 0.15) is 0 Å². The maximum absolute atomic E-state index is 4.26. The first-order valence-electron chi connectivity index (χ1n) is 6.70. The van der Waals surface area contributed by atoms with Crippen LogP contribution in [0.15, 0.2) is 6.58 Å². The Bertz CT molecular complexity index is 426. The SMILES string of the molecule is C=Cc1nnnn1C12CC3CC(CC(C3)C1)C2. The lowest BCUT2D eigenvalue weighted by atomic mass is 9.53. The van der Waals surface area contributed by atoms with Gasteiger partial charge in [-0.05, 0) is 72.8 Å². The molecule has 90 valence electrons. The van der Waals surface area contributed by atoms with Gasteiger partial charge in [-0.25, -0.2) is 4.68 Å². The minimum Gasteiger partial charge on any atom is -0.220 e. The number of hydrogen-bond donors (Lipinski definition) is 0. The van der Waals surface area contributed by atoms with E-state index < -0.39 is 0 Å². The van der Waals surface area contributed by atoms with E-state index in [4.69, 9.17) is 0 Å². The number of hydrogen-bond acceptors (Lipinski definition) is 3. The van der Waals surface area contributed by atoms with Crippen LogP contribution in [0.25, 0.3) is 6.08 Å². The second-order valence-corrected chi connectivity index (χ2v) is 6.29. The predicted molar refractivity (Wildman–Crippen MR) is 64.1 cm³/mol. The first-order chi connectivity index (χ1) is 8.29. The Hall–Kier alpha value is -1.19. The Kier molecular flexibility index (Phi) is 1.83. The van der Waals surface area contributed by atoms with Gasteiger partial charge in [0.05, 0.1) is 5.54 Å². The Labute approximate surface area is 101 Å². The second kappa shape index (κ2) is 3.18. The summed E-state index contributed by atoms with van der Waals surface area (Å²) >= 11 is 0. The van der Waals surface area contributed by atoms with Gasteiger partial charge in [0.2, 0.25) is 0 Å². The van der Waals surface area contributed by atoms with Crippen LogP contribution in [0.3, 0.4) is 0 Å². The monoisotopic (exact) mass is 230 g/mol. The van der Waals surface area contributed by atoms with Crippen molar-refractivity contribution >= 4 is 6.08 Å². The van der Waals surface area contributed by atoms with Crippen LogP contribution in [0.1, 0.15) is 44.3 Å². The number of aromatic nitrogens is 4. The molecule has 0 unspecified atom stereocenters. The van der Waals surface area contributed by atoms with Crippen LogP contribution in [0.5, 0.6) is 0 Å². The molecule has 4 aliphatic carbocycles. The highest BCUT2D eigenvalue weighted by atomic mass is 15.6. The molecule has 0 radical (unpaired) electrons. The Morgan fingerprint density at radius 1 is 1.12 bits per heavy atom. The molecule has 4 bridgehead atoms. The maximum Gasteiger partial charge on any atom is 0.174 e. The summed E-state index contributed by atoms with van der Waals surface area (Å²) < 4.78 is 2.09. The Morgan fingerprint density at radius 3 is 2.24 bits per heavy atom. The molecule has 4 fully saturated rings. The minimum absolute atomic E-state index is 0.224. The van der Waals surface area contributed by atoms with Gasteiger partial charge >= 0.3 is 0 Å². The Balaban J connectivity index is 1.79. The van der Waals surface area contributed by atoms with Gasteiger partial charge in [-0.1, -0.05) is 6.58 Å². The normalized spacial score (nSPS) is 42.9. The van der Waals surface area contributed by atoms with Crippen LogP contribution < -0.4 is 0 Å². The molecule has 0 saturated heterocycles. The van der Waals surface area contributed by atoms with Crippen molar-refractivity contribution in [3.05, 3.63) is 12.4 Å². The molecule has 1 aromatic heterocycles. The number of nitrogens with zero attached hydrogens (tertiary/aromatic N) is 4. The van der Waals surface area contributed by atoms with Crippen molar-refractivity contribution in [1.82, 2.24) is 20.2 Å². The summed E-state index contributed by atoms with van der Waals surface area (Å²) in [5.74, 6) is 3.61. The van der Waals surface area contributed by atoms with E-state index in [1.807, 2.05) is 0 Å². The van der Waals surface area contributed by atoms with Crippen molar-refractivity contribution in [2.24, 2.45) is 17.8 Å². The van der Waals surface area contributed by atoms with E-state index in [2.05, 4.69) is 26.8 Å². The molecule has 4 heteroatoms. The van der Waals surface area contributed by atoms with Crippen LogP contribution >= 0.6 is 0 Å². The zero-order valence-electron chi connectivity index (χ0n) is 10.0. The van der Waals surface area contributed by atoms with Crippen LogP contribution in [0.2, 0.25) is 0 Å². The molecule has 0 atom stereocenters. The highest BCUT2D eigenvalue weighted by Gasteiger charge is 2.53. The number of tetrazole rings is 1. The fraction of sp³-hybridized carbons (Fsp3) is 0.769. The van der Waals surface area contributed by atoms with E-state index >= 15 is 0 Å². The minimum atomic E-state index is 0.224. The topological polar surface area (TPSA) is 43.6 Å². The molecule has 5 rings (SSSR count). The Morgan fingerprint density at radius 2 is 1.71 bits per heavy atom. The van der Waals surface area contributed by atoms with Gasteiger partial charge in [0.15, 0.2) is 5.82 Å². The lowest BCUT2D eigenvalue weighted by Crippen LogP contribution is -2.52. The molecule has 0 N–H and O–H groups in total. The van der Waals surface area contributed by atoms with Crippen molar-refractivity contribution in [2.75, 3.05) is 0 Å². The zero-order chi connectivity index (χ0) is 11.5. The third-order valence-electron chi connectivity index (χ3n) is 5.13. The molecule has 1 heterocycles. The van der Waals surface area contributed by atoms with Crippen molar-refractivity contribution < 1.29 is 0 Å². The van der Waals surface area contributed by atoms with Crippen molar-refractivity contribution in [3.63, 3.8) is 0 Å². The maximum atomic E-state index is 4.26. The van der Waals surface area contributed by atoms with E-state index in [0.717, 1.165) is 23.6 Å². The molecular formula is C13H18N4. The molecule has 0 aromatic carbocycles. The summed E-state index contributed by atoms with van der Waals surface area (Å²) in [5, 5.41) is 12.2. The van der Waals surface area contributed by atoms with E-state index in [1.165, 1.54) is 38.5 Å². The largest absolute Gasteiger partial charge is 0.220 e. The molecular weight excluding hydrogens is 212 g/mol. The molecule has 17 heavy (non-hydrogen) atoms. The van der Waals surface area contributed by atoms with E-state index in [9.17, 15) is 0 Å². The third kappa shape index (κ3) is 1.27. The summed E-state index contributed by atoms with van der Waals surface area (Å²) in [6.45, 7) is 3.83. The van der Waals surface area contributed by atoms with E-state index in [-0.39, 0.29) is 5.54 Å². The predicted octanol–water partition coefficient (Wildman–Crippen LogP) is 2.24. The lowest BCUT2D eigenvalue weighted by molar-refractivity contribution is -0.0506. The summed E-state index contributed by atoms with van der Waals surface area (Å²) in [4.78, 5) is 0. The summed E-state index contributed by atoms with van der Waals surface area (Å²) in [5.41, 5.74) is 0.224. The van der Waals surface area contributed by atoms with Crippen molar-refractivity contribution in [1.29, 1.82) is 0 Å². The van der Waals surface area contributed by atoms with Crippen LogP contribution in [-0.4, -0.2) is 20.2 Å². The average Bonchev–Trinajstić information content (AvgIpc) is 2.75. The van der Waals surface area contributed by atoms with E-state index in [0.29, 0.717) is 0 Å². The van der Waals surface area contributed by atoms with Gasteiger partial charge in [-0.3, -0.25) is 0 Å². The van der Waals surface area contributed by atoms with Crippen LogP contribution in [0.4, 0.5) is 0 Å². The molecule has 4 saturated carbocycles. The standard InChI is InChI=1S/C13H18N4/c1-2-12-14-15-16-17(12)13-6-9-3-10(7-13)5-11(4-9)8-13/h2,9-11H,1,3-8H2. The zero-order valence-corrected chi connectivity index (χ0v) is 10.0. The van der Waals surface area contributed by atoms with Crippen LogP contribution in [-0.2, 0) is 5.54 Å². The van der Waals surface area contributed by atoms with Gasteiger partial charge in [-0.15, -0.1) is 5.10 Å². The summed E-state index contributed by atoms with van der Waals surface area (Å²) in [6.07, 6.45) is 9.99. The van der Waals surface area contributed by atoms with Gasteiger partial charge < -0.3 is 0 Å². The number of rotatable bonds is 2. The molecule has 4 nitrogen and oxygen atoms in total. The lowest BCUT2D eigenvalue weighted by Gasteiger charge is -2.56. The third-order valence-corrected chi connectivity index (χ3v) is 5.13. The molecule has 0 spiro atoms. The fourth-order valence-corrected chi connectivity index (χ4v) is 4.98. The van der Waals surface area contributed by atoms with Gasteiger partial charge in [0, 0.05) is 0 Å². The smallest absolute Gasteiger partial charge is 0.174 e. The van der Waals surface area contributed by atoms with Gasteiger partial charge in [0.25, 0.3) is 0 Å². The first-order valence-corrected chi connectivity index (χ1v) is 6.70. The highest BCUT2D eigenvalue weighted by molar-refractivity contribution is 5.35. The summed E-state index contributed by atoms with van der Waals surface area (Å²) in [6, 6.07) is 0. The fourth-order valence-electron chi connectivity index (χ4n) is 4.98. The van der Waals surface area contributed by atoms with Crippen LogP contribution in [0, 0.1) is 17.8 Å². The van der Waals surface area contributed by atoms with E-state index in [1.54, 1.807) is 6.08 Å². The molecule has 0 amide bonds. The molecule has 0 aliphatic heterocycles. The summed E-state index contributed by atoms with van der Waals surface area (Å²) in [7, 11) is 0. The molecule has 4 aliphatic rings. The molecule has 1 aromatic rings. The van der Waals surface area contributed by atoms with Gasteiger partial charge in [-0.2, -0.15) is 0 Å². The quantitative estimate of drug-likeness (QED) is 0.782.